The highest BCUT2D eigenvalue weighted by Gasteiger charge is 2.17. The highest BCUT2D eigenvalue weighted by atomic mass is 16.4. The molecule has 0 bridgehead atoms. The molecule has 1 aromatic heterocycles. The van der Waals surface area contributed by atoms with Crippen molar-refractivity contribution in [2.45, 2.75) is 26.3 Å². The van der Waals surface area contributed by atoms with Crippen LogP contribution in [0.25, 0.3) is 11.5 Å². The van der Waals surface area contributed by atoms with Gasteiger partial charge in [-0.05, 0) is 57.1 Å². The van der Waals surface area contributed by atoms with E-state index >= 15 is 0 Å². The molecular formula is C16H18N2O3. The predicted octanol–water partition coefficient (Wildman–Crippen LogP) is 2.94. The molecule has 1 aliphatic rings. The summed E-state index contributed by atoms with van der Waals surface area (Å²) >= 11 is 0. The van der Waals surface area contributed by atoms with Crippen LogP contribution in [0.4, 0.5) is 0 Å². The van der Waals surface area contributed by atoms with Crippen molar-refractivity contribution in [3.8, 4) is 11.5 Å². The molecule has 1 N–H and O–H groups in total. The van der Waals surface area contributed by atoms with E-state index in [1.54, 1.807) is 24.3 Å². The molecule has 0 atom stereocenters. The molecule has 110 valence electrons. The molecule has 2 aromatic rings. The van der Waals surface area contributed by atoms with Crippen LogP contribution in [0.1, 0.15) is 34.7 Å². The number of carbonyl (C=O) groups is 1. The van der Waals surface area contributed by atoms with Crippen molar-refractivity contribution in [1.29, 1.82) is 0 Å². The maximum Gasteiger partial charge on any atom is 0.335 e. The van der Waals surface area contributed by atoms with Gasteiger partial charge in [0.15, 0.2) is 0 Å². The number of carboxylic acid groups (broad SMARTS) is 1. The first-order chi connectivity index (χ1) is 10.1. The molecule has 1 aliphatic heterocycles. The van der Waals surface area contributed by atoms with Crippen LogP contribution in [0.2, 0.25) is 0 Å². The van der Waals surface area contributed by atoms with Gasteiger partial charge in [0.25, 0.3) is 0 Å². The fourth-order valence-electron chi connectivity index (χ4n) is 2.61. The summed E-state index contributed by atoms with van der Waals surface area (Å²) in [5, 5.41) is 8.91. The summed E-state index contributed by atoms with van der Waals surface area (Å²) in [5.74, 6) is 0.456. The fraction of sp³-hybridized carbons (Fsp3) is 0.375. The molecule has 0 saturated carbocycles. The van der Waals surface area contributed by atoms with Crippen molar-refractivity contribution in [1.82, 2.24) is 9.88 Å². The zero-order valence-corrected chi connectivity index (χ0v) is 12.0. The number of rotatable bonds is 4. The summed E-state index contributed by atoms with van der Waals surface area (Å²) in [5.41, 5.74) is 2.03. The standard InChI is InChI=1S/C16H18N2O3/c1-11-14(10-18-8-2-3-9-18)17-15(21-11)12-4-6-13(7-5-12)16(19)20/h4-7H,2-3,8-10H2,1H3,(H,19,20). The Bertz CT molecular complexity index is 640. The van der Waals surface area contributed by atoms with E-state index in [-0.39, 0.29) is 5.56 Å². The minimum Gasteiger partial charge on any atom is -0.478 e. The minimum atomic E-state index is -0.931. The maximum absolute atomic E-state index is 10.9. The first-order valence-corrected chi connectivity index (χ1v) is 7.16. The monoisotopic (exact) mass is 286 g/mol. The number of aryl methyl sites for hydroxylation is 1. The van der Waals surface area contributed by atoms with Crippen LogP contribution in [0.5, 0.6) is 0 Å². The molecule has 0 aliphatic carbocycles. The van der Waals surface area contributed by atoms with Crippen LogP contribution in [-0.2, 0) is 6.54 Å². The predicted molar refractivity (Wildman–Crippen MR) is 78.1 cm³/mol. The summed E-state index contributed by atoms with van der Waals surface area (Å²) in [4.78, 5) is 17.8. The average molecular weight is 286 g/mol. The zero-order chi connectivity index (χ0) is 14.8. The van der Waals surface area contributed by atoms with Gasteiger partial charge < -0.3 is 9.52 Å². The lowest BCUT2D eigenvalue weighted by Crippen LogP contribution is -2.19. The molecule has 0 radical (unpaired) electrons. The van der Waals surface area contributed by atoms with Crippen molar-refractivity contribution < 1.29 is 14.3 Å². The van der Waals surface area contributed by atoms with Crippen LogP contribution in [0.3, 0.4) is 0 Å². The van der Waals surface area contributed by atoms with E-state index in [9.17, 15) is 4.79 Å². The summed E-state index contributed by atoms with van der Waals surface area (Å²) in [7, 11) is 0. The third-order valence-electron chi connectivity index (χ3n) is 3.84. The lowest BCUT2D eigenvalue weighted by Gasteiger charge is -2.12. The summed E-state index contributed by atoms with van der Waals surface area (Å²) in [6.45, 7) is 4.99. The molecule has 21 heavy (non-hydrogen) atoms. The maximum atomic E-state index is 10.9. The third-order valence-corrected chi connectivity index (χ3v) is 3.84. The van der Waals surface area contributed by atoms with Crippen molar-refractivity contribution in [3.05, 3.63) is 41.3 Å². The Morgan fingerprint density at radius 3 is 2.57 bits per heavy atom. The summed E-state index contributed by atoms with van der Waals surface area (Å²) in [6.07, 6.45) is 2.50. The highest BCUT2D eigenvalue weighted by Crippen LogP contribution is 2.24. The van der Waals surface area contributed by atoms with Gasteiger partial charge >= 0.3 is 5.97 Å². The Labute approximate surface area is 123 Å². The first-order valence-electron chi connectivity index (χ1n) is 7.16. The van der Waals surface area contributed by atoms with Crippen molar-refractivity contribution in [2.24, 2.45) is 0 Å². The molecule has 0 spiro atoms. The molecule has 1 fully saturated rings. The SMILES string of the molecule is Cc1oc(-c2ccc(C(=O)O)cc2)nc1CN1CCCC1. The summed E-state index contributed by atoms with van der Waals surface area (Å²) in [6, 6.07) is 6.59. The Kier molecular flexibility index (Phi) is 3.75. The number of aromatic carboxylic acids is 1. The van der Waals surface area contributed by atoms with Crippen LogP contribution in [-0.4, -0.2) is 34.0 Å². The van der Waals surface area contributed by atoms with Gasteiger partial charge in [0, 0.05) is 12.1 Å². The second kappa shape index (κ2) is 5.69. The molecule has 5 heteroatoms. The summed E-state index contributed by atoms with van der Waals surface area (Å²) < 4.78 is 5.73. The van der Waals surface area contributed by atoms with Crippen LogP contribution in [0, 0.1) is 6.92 Å². The number of oxazole rings is 1. The second-order valence-corrected chi connectivity index (χ2v) is 5.39. The lowest BCUT2D eigenvalue weighted by molar-refractivity contribution is 0.0697. The number of likely N-dealkylation sites (tertiary alicyclic amines) is 1. The van der Waals surface area contributed by atoms with Gasteiger partial charge in [0.1, 0.15) is 5.76 Å². The van der Waals surface area contributed by atoms with Gasteiger partial charge in [-0.3, -0.25) is 4.90 Å². The number of benzene rings is 1. The number of hydrogen-bond donors (Lipinski definition) is 1. The van der Waals surface area contributed by atoms with E-state index in [2.05, 4.69) is 9.88 Å². The number of carboxylic acids is 1. The van der Waals surface area contributed by atoms with E-state index in [1.807, 2.05) is 6.92 Å². The van der Waals surface area contributed by atoms with Crippen molar-refractivity contribution in [3.63, 3.8) is 0 Å². The largest absolute Gasteiger partial charge is 0.478 e. The molecule has 3 rings (SSSR count). The van der Waals surface area contributed by atoms with Gasteiger partial charge in [-0.2, -0.15) is 0 Å². The first kappa shape index (κ1) is 13.8. The van der Waals surface area contributed by atoms with E-state index in [4.69, 9.17) is 9.52 Å². The van der Waals surface area contributed by atoms with Gasteiger partial charge in [-0.15, -0.1) is 0 Å². The van der Waals surface area contributed by atoms with Crippen molar-refractivity contribution in [2.75, 3.05) is 13.1 Å². The normalized spacial score (nSPS) is 15.5. The van der Waals surface area contributed by atoms with Gasteiger partial charge in [-0.25, -0.2) is 9.78 Å². The number of hydrogen-bond acceptors (Lipinski definition) is 4. The van der Waals surface area contributed by atoms with E-state index in [0.717, 1.165) is 36.7 Å². The van der Waals surface area contributed by atoms with Crippen LogP contribution in [0.15, 0.2) is 28.7 Å². The van der Waals surface area contributed by atoms with Crippen LogP contribution < -0.4 is 0 Å². The number of aromatic nitrogens is 1. The second-order valence-electron chi connectivity index (χ2n) is 5.39. The highest BCUT2D eigenvalue weighted by molar-refractivity contribution is 5.88. The topological polar surface area (TPSA) is 66.6 Å². The Morgan fingerprint density at radius 1 is 1.29 bits per heavy atom. The lowest BCUT2D eigenvalue weighted by atomic mass is 10.1. The molecule has 0 amide bonds. The third kappa shape index (κ3) is 2.97. The zero-order valence-electron chi connectivity index (χ0n) is 12.0. The smallest absolute Gasteiger partial charge is 0.335 e. The van der Waals surface area contributed by atoms with Gasteiger partial charge in [0.2, 0.25) is 5.89 Å². The van der Waals surface area contributed by atoms with E-state index in [0.29, 0.717) is 5.89 Å². The van der Waals surface area contributed by atoms with E-state index in [1.165, 1.54) is 12.8 Å². The fourth-order valence-corrected chi connectivity index (χ4v) is 2.61. The molecular weight excluding hydrogens is 268 g/mol. The Morgan fingerprint density at radius 2 is 1.95 bits per heavy atom. The molecule has 1 aromatic carbocycles. The molecule has 0 unspecified atom stereocenters. The van der Waals surface area contributed by atoms with Gasteiger partial charge in [0.05, 0.1) is 11.3 Å². The number of nitrogens with zero attached hydrogens (tertiary/aromatic N) is 2. The minimum absolute atomic E-state index is 0.263. The van der Waals surface area contributed by atoms with Crippen molar-refractivity contribution >= 4 is 5.97 Å². The molecule has 1 saturated heterocycles. The quantitative estimate of drug-likeness (QED) is 0.936. The average Bonchev–Trinajstić information content (AvgIpc) is 3.10. The van der Waals surface area contributed by atoms with Crippen LogP contribution >= 0.6 is 0 Å². The molecule has 5 nitrogen and oxygen atoms in total. The van der Waals surface area contributed by atoms with E-state index < -0.39 is 5.97 Å². The van der Waals surface area contributed by atoms with Gasteiger partial charge in [-0.1, -0.05) is 0 Å². The molecule has 2 heterocycles. The Balaban J connectivity index is 1.80. The Hall–Kier alpha value is -2.14.